The summed E-state index contributed by atoms with van der Waals surface area (Å²) in [4.78, 5) is 6.19. The molecule has 0 aliphatic carbocycles. The summed E-state index contributed by atoms with van der Waals surface area (Å²) >= 11 is 1.94. The van der Waals surface area contributed by atoms with Gasteiger partial charge in [-0.15, -0.1) is 11.8 Å². The van der Waals surface area contributed by atoms with E-state index in [2.05, 4.69) is 28.0 Å². The Morgan fingerprint density at radius 3 is 2.63 bits per heavy atom. The second kappa shape index (κ2) is 8.98. The maximum atomic E-state index is 13.1. The number of fused-ring (bicyclic) bond motifs is 1. The minimum Gasteiger partial charge on any atom is -0.492 e. The third-order valence-corrected chi connectivity index (χ3v) is 6.58. The standard InChI is InChI=1S/C22H27FN2OS/c23-19-7-9-20(10-8-19)25-14-12-24(13-15-25)11-3-16-26-21-6-1-4-18-5-2-17-27-22(18)21/h1,4,6-10H,2-3,5,11-17H2. The second-order valence-electron chi connectivity index (χ2n) is 7.20. The van der Waals surface area contributed by atoms with E-state index in [1.165, 1.54) is 29.1 Å². The van der Waals surface area contributed by atoms with Crippen molar-refractivity contribution < 1.29 is 9.13 Å². The van der Waals surface area contributed by atoms with Crippen LogP contribution in [0, 0.1) is 5.82 Å². The molecule has 2 aliphatic heterocycles. The van der Waals surface area contributed by atoms with Gasteiger partial charge in [-0.1, -0.05) is 12.1 Å². The number of piperazine rings is 1. The minimum absolute atomic E-state index is 0.171. The Bertz CT molecular complexity index is 744. The number of hydrogen-bond donors (Lipinski definition) is 0. The van der Waals surface area contributed by atoms with E-state index in [1.54, 1.807) is 12.1 Å². The smallest absolute Gasteiger partial charge is 0.133 e. The van der Waals surface area contributed by atoms with Crippen LogP contribution in [0.25, 0.3) is 0 Å². The average molecular weight is 387 g/mol. The molecule has 0 saturated carbocycles. The summed E-state index contributed by atoms with van der Waals surface area (Å²) in [6, 6.07) is 13.3. The predicted molar refractivity (Wildman–Crippen MR) is 111 cm³/mol. The zero-order valence-electron chi connectivity index (χ0n) is 15.7. The molecule has 5 heteroatoms. The van der Waals surface area contributed by atoms with Crippen LogP contribution in [0.2, 0.25) is 0 Å². The first kappa shape index (κ1) is 18.6. The summed E-state index contributed by atoms with van der Waals surface area (Å²) in [6.07, 6.45) is 3.49. The van der Waals surface area contributed by atoms with Gasteiger partial charge in [0.05, 0.1) is 11.5 Å². The lowest BCUT2D eigenvalue weighted by molar-refractivity contribution is 0.223. The van der Waals surface area contributed by atoms with Gasteiger partial charge in [0.2, 0.25) is 0 Å². The third kappa shape index (κ3) is 4.77. The predicted octanol–water partition coefficient (Wildman–Crippen LogP) is 4.46. The molecule has 2 aromatic carbocycles. The van der Waals surface area contributed by atoms with Crippen molar-refractivity contribution in [3.8, 4) is 5.75 Å². The highest BCUT2D eigenvalue weighted by molar-refractivity contribution is 7.99. The van der Waals surface area contributed by atoms with Gasteiger partial charge in [0.25, 0.3) is 0 Å². The summed E-state index contributed by atoms with van der Waals surface area (Å²) in [7, 11) is 0. The van der Waals surface area contributed by atoms with Crippen molar-refractivity contribution in [2.45, 2.75) is 24.2 Å². The molecule has 1 fully saturated rings. The molecule has 144 valence electrons. The molecule has 3 nitrogen and oxygen atoms in total. The lowest BCUT2D eigenvalue weighted by Crippen LogP contribution is -2.46. The Balaban J connectivity index is 1.19. The van der Waals surface area contributed by atoms with Crippen LogP contribution in [-0.2, 0) is 6.42 Å². The molecule has 0 radical (unpaired) electrons. The van der Waals surface area contributed by atoms with E-state index < -0.39 is 0 Å². The number of anilines is 1. The number of thioether (sulfide) groups is 1. The third-order valence-electron chi connectivity index (χ3n) is 5.34. The van der Waals surface area contributed by atoms with Gasteiger partial charge >= 0.3 is 0 Å². The minimum atomic E-state index is -0.171. The largest absolute Gasteiger partial charge is 0.492 e. The van der Waals surface area contributed by atoms with E-state index in [4.69, 9.17) is 4.74 Å². The highest BCUT2D eigenvalue weighted by Crippen LogP contribution is 2.37. The zero-order chi connectivity index (χ0) is 18.5. The molecule has 0 atom stereocenters. The Kier molecular flexibility index (Phi) is 6.20. The number of nitrogens with zero attached hydrogens (tertiary/aromatic N) is 2. The van der Waals surface area contributed by atoms with Gasteiger partial charge in [-0.25, -0.2) is 4.39 Å². The van der Waals surface area contributed by atoms with Gasteiger partial charge in [0.15, 0.2) is 0 Å². The Morgan fingerprint density at radius 1 is 1.00 bits per heavy atom. The van der Waals surface area contributed by atoms with E-state index in [0.717, 1.165) is 57.2 Å². The molecule has 4 rings (SSSR count). The molecule has 2 aromatic rings. The Morgan fingerprint density at radius 2 is 1.81 bits per heavy atom. The maximum Gasteiger partial charge on any atom is 0.133 e. The number of aryl methyl sites for hydroxylation is 1. The van der Waals surface area contributed by atoms with Crippen LogP contribution in [0.4, 0.5) is 10.1 Å². The lowest BCUT2D eigenvalue weighted by atomic mass is 10.1. The Labute approximate surface area is 165 Å². The molecule has 0 amide bonds. The monoisotopic (exact) mass is 386 g/mol. The van der Waals surface area contributed by atoms with Crippen LogP contribution in [0.5, 0.6) is 5.75 Å². The van der Waals surface area contributed by atoms with Crippen molar-refractivity contribution in [2.24, 2.45) is 0 Å². The van der Waals surface area contributed by atoms with Gasteiger partial charge < -0.3 is 9.64 Å². The summed E-state index contributed by atoms with van der Waals surface area (Å²) in [5.41, 5.74) is 2.56. The Hall–Kier alpha value is -1.72. The van der Waals surface area contributed by atoms with Gasteiger partial charge in [0, 0.05) is 38.4 Å². The summed E-state index contributed by atoms with van der Waals surface area (Å²) in [5.74, 6) is 2.10. The molecule has 0 N–H and O–H groups in total. The van der Waals surface area contributed by atoms with Gasteiger partial charge in [-0.05, 0) is 60.9 Å². The van der Waals surface area contributed by atoms with Crippen molar-refractivity contribution in [2.75, 3.05) is 50.0 Å². The second-order valence-corrected chi connectivity index (χ2v) is 8.31. The maximum absolute atomic E-state index is 13.1. The van der Waals surface area contributed by atoms with Crippen LogP contribution in [0.3, 0.4) is 0 Å². The average Bonchev–Trinajstić information content (AvgIpc) is 2.72. The SMILES string of the molecule is Fc1ccc(N2CCN(CCCOc3cccc4c3SCCC4)CC2)cc1. The fraction of sp³-hybridized carbons (Fsp3) is 0.455. The highest BCUT2D eigenvalue weighted by atomic mass is 32.2. The van der Waals surface area contributed by atoms with Crippen molar-refractivity contribution in [1.29, 1.82) is 0 Å². The van der Waals surface area contributed by atoms with Crippen molar-refractivity contribution in [3.05, 3.63) is 53.8 Å². The molecule has 0 spiro atoms. The van der Waals surface area contributed by atoms with Crippen molar-refractivity contribution in [1.82, 2.24) is 4.90 Å². The topological polar surface area (TPSA) is 15.7 Å². The van der Waals surface area contributed by atoms with Crippen LogP contribution in [0.15, 0.2) is 47.4 Å². The number of rotatable bonds is 6. The molecule has 2 aliphatic rings. The van der Waals surface area contributed by atoms with Crippen molar-refractivity contribution in [3.63, 3.8) is 0 Å². The first-order chi connectivity index (χ1) is 13.3. The first-order valence-electron chi connectivity index (χ1n) is 9.90. The van der Waals surface area contributed by atoms with E-state index in [0.29, 0.717) is 0 Å². The molecular weight excluding hydrogens is 359 g/mol. The van der Waals surface area contributed by atoms with E-state index >= 15 is 0 Å². The van der Waals surface area contributed by atoms with Crippen molar-refractivity contribution >= 4 is 17.4 Å². The molecule has 2 heterocycles. The molecule has 0 unspecified atom stereocenters. The van der Waals surface area contributed by atoms with E-state index in [-0.39, 0.29) is 5.82 Å². The molecular formula is C22H27FN2OS. The number of hydrogen-bond acceptors (Lipinski definition) is 4. The van der Waals surface area contributed by atoms with E-state index in [9.17, 15) is 4.39 Å². The summed E-state index contributed by atoms with van der Waals surface area (Å²) in [6.45, 7) is 5.93. The molecule has 1 saturated heterocycles. The quantitative estimate of drug-likeness (QED) is 0.681. The van der Waals surface area contributed by atoms with Gasteiger partial charge in [-0.2, -0.15) is 0 Å². The normalized spacial score (nSPS) is 17.6. The lowest BCUT2D eigenvalue weighted by Gasteiger charge is -2.36. The van der Waals surface area contributed by atoms with E-state index in [1.807, 2.05) is 23.9 Å². The number of ether oxygens (including phenoxy) is 1. The van der Waals surface area contributed by atoms with Crippen LogP contribution >= 0.6 is 11.8 Å². The van der Waals surface area contributed by atoms with Gasteiger partial charge in [-0.3, -0.25) is 4.90 Å². The zero-order valence-corrected chi connectivity index (χ0v) is 16.5. The highest BCUT2D eigenvalue weighted by Gasteiger charge is 2.17. The number of benzene rings is 2. The first-order valence-corrected chi connectivity index (χ1v) is 10.9. The fourth-order valence-electron chi connectivity index (χ4n) is 3.82. The molecule has 0 bridgehead atoms. The van der Waals surface area contributed by atoms with Gasteiger partial charge in [0.1, 0.15) is 11.6 Å². The fourth-order valence-corrected chi connectivity index (χ4v) is 4.94. The number of halogens is 1. The van der Waals surface area contributed by atoms with Crippen LogP contribution < -0.4 is 9.64 Å². The van der Waals surface area contributed by atoms with Crippen LogP contribution in [-0.4, -0.2) is 50.0 Å². The summed E-state index contributed by atoms with van der Waals surface area (Å²) in [5, 5.41) is 0. The molecule has 27 heavy (non-hydrogen) atoms. The summed E-state index contributed by atoms with van der Waals surface area (Å²) < 4.78 is 19.2. The molecule has 0 aromatic heterocycles. The van der Waals surface area contributed by atoms with Crippen LogP contribution in [0.1, 0.15) is 18.4 Å².